The summed E-state index contributed by atoms with van der Waals surface area (Å²) in [7, 11) is 3.22. The Balaban J connectivity index is 0.00000200. The largest absolute Gasteiger partial charge is 0.496 e. The number of rotatable bonds is 5. The fraction of sp³-hybridized carbons (Fsp3) is 0.600. The van der Waals surface area contributed by atoms with E-state index in [0.717, 1.165) is 24.0 Å². The quantitative estimate of drug-likeness (QED) is 0.877. The van der Waals surface area contributed by atoms with Crippen molar-refractivity contribution in [3.8, 4) is 11.5 Å². The van der Waals surface area contributed by atoms with E-state index in [9.17, 15) is 5.11 Å². The first kappa shape index (κ1) is 17.1. The minimum atomic E-state index is -0.542. The number of benzene rings is 1. The fourth-order valence-corrected chi connectivity index (χ4v) is 2.64. The van der Waals surface area contributed by atoms with Crippen LogP contribution in [0.5, 0.6) is 11.5 Å². The molecular formula is C15H24ClNO3. The summed E-state index contributed by atoms with van der Waals surface area (Å²) < 4.78 is 10.8. The van der Waals surface area contributed by atoms with Gasteiger partial charge in [-0.1, -0.05) is 6.42 Å². The molecule has 1 aliphatic rings. The van der Waals surface area contributed by atoms with Crippen molar-refractivity contribution < 1.29 is 14.6 Å². The van der Waals surface area contributed by atoms with Crippen LogP contribution in [0.25, 0.3) is 0 Å². The van der Waals surface area contributed by atoms with E-state index in [1.165, 1.54) is 6.42 Å². The van der Waals surface area contributed by atoms with Crippen LogP contribution in [0, 0.1) is 12.8 Å². The predicted octanol–water partition coefficient (Wildman–Crippen LogP) is 2.59. The number of hydrogen-bond acceptors (Lipinski definition) is 4. The van der Waals surface area contributed by atoms with Crippen LogP contribution < -0.4 is 15.2 Å². The van der Waals surface area contributed by atoms with E-state index in [2.05, 4.69) is 0 Å². The Bertz CT molecular complexity index is 424. The number of hydrogen-bond donors (Lipinski definition) is 2. The lowest BCUT2D eigenvalue weighted by Gasteiger charge is -2.34. The molecule has 114 valence electrons. The number of methoxy groups -OCH3 is 2. The second kappa shape index (κ2) is 7.16. The van der Waals surface area contributed by atoms with E-state index in [-0.39, 0.29) is 12.4 Å². The molecule has 0 amide bonds. The summed E-state index contributed by atoms with van der Waals surface area (Å²) in [6.45, 7) is 1.97. The van der Waals surface area contributed by atoms with Gasteiger partial charge in [-0.15, -0.1) is 12.4 Å². The van der Waals surface area contributed by atoms with Crippen LogP contribution in [0.4, 0.5) is 0 Å². The highest BCUT2D eigenvalue weighted by atomic mass is 35.5. The van der Waals surface area contributed by atoms with Gasteiger partial charge in [0, 0.05) is 0 Å². The van der Waals surface area contributed by atoms with Crippen LogP contribution in [-0.2, 0) is 0 Å². The molecule has 2 atom stereocenters. The third kappa shape index (κ3) is 3.19. The van der Waals surface area contributed by atoms with Crippen molar-refractivity contribution in [3.63, 3.8) is 0 Å². The lowest BCUT2D eigenvalue weighted by Crippen LogP contribution is -2.36. The molecule has 0 aromatic heterocycles. The summed E-state index contributed by atoms with van der Waals surface area (Å²) in [6, 6.07) is 3.37. The Morgan fingerprint density at radius 2 is 1.70 bits per heavy atom. The van der Waals surface area contributed by atoms with Gasteiger partial charge in [0.2, 0.25) is 0 Å². The van der Waals surface area contributed by atoms with Crippen molar-refractivity contribution in [2.45, 2.75) is 38.3 Å². The maximum atomic E-state index is 10.4. The molecule has 0 bridgehead atoms. The van der Waals surface area contributed by atoms with E-state index in [0.29, 0.717) is 17.4 Å². The third-order valence-corrected chi connectivity index (χ3v) is 4.02. The van der Waals surface area contributed by atoms with Gasteiger partial charge in [0.25, 0.3) is 0 Å². The molecule has 1 aliphatic carbocycles. The van der Waals surface area contributed by atoms with Crippen molar-refractivity contribution in [3.05, 3.63) is 23.3 Å². The smallest absolute Gasteiger partial charge is 0.127 e. The van der Waals surface area contributed by atoms with Gasteiger partial charge in [-0.05, 0) is 43.4 Å². The molecule has 0 aliphatic heterocycles. The average molecular weight is 302 g/mol. The van der Waals surface area contributed by atoms with Crippen LogP contribution >= 0.6 is 12.4 Å². The highest BCUT2D eigenvalue weighted by Crippen LogP contribution is 2.40. The molecule has 1 aromatic rings. The van der Waals surface area contributed by atoms with E-state index < -0.39 is 12.1 Å². The second-order valence-electron chi connectivity index (χ2n) is 5.29. The molecule has 3 N–H and O–H groups in total. The summed E-state index contributed by atoms with van der Waals surface area (Å²) in [5, 5.41) is 10.4. The van der Waals surface area contributed by atoms with Crippen LogP contribution in [0.15, 0.2) is 12.1 Å². The number of aliphatic hydroxyl groups excluding tert-OH is 1. The number of aryl methyl sites for hydroxylation is 1. The molecule has 20 heavy (non-hydrogen) atoms. The molecule has 1 aromatic carbocycles. The molecule has 4 nitrogen and oxygen atoms in total. The molecule has 1 fully saturated rings. The predicted molar refractivity (Wildman–Crippen MR) is 81.8 cm³/mol. The minimum Gasteiger partial charge on any atom is -0.496 e. The molecule has 0 radical (unpaired) electrons. The van der Waals surface area contributed by atoms with Gasteiger partial charge in [-0.3, -0.25) is 0 Å². The van der Waals surface area contributed by atoms with Crippen molar-refractivity contribution in [1.82, 2.24) is 0 Å². The Morgan fingerprint density at radius 1 is 1.20 bits per heavy atom. The lowest BCUT2D eigenvalue weighted by atomic mass is 9.77. The summed E-state index contributed by atoms with van der Waals surface area (Å²) >= 11 is 0. The van der Waals surface area contributed by atoms with Crippen molar-refractivity contribution in [2.75, 3.05) is 14.2 Å². The SMILES string of the molecule is COc1cc(C)cc(OC)c1[C@@H](N)[C@@H](O)C1CCC1.Cl. The Labute approximate surface area is 126 Å². The zero-order valence-electron chi connectivity index (χ0n) is 12.3. The second-order valence-corrected chi connectivity index (χ2v) is 5.29. The zero-order valence-corrected chi connectivity index (χ0v) is 13.1. The van der Waals surface area contributed by atoms with Gasteiger partial charge < -0.3 is 20.3 Å². The third-order valence-electron chi connectivity index (χ3n) is 4.02. The van der Waals surface area contributed by atoms with E-state index in [1.54, 1.807) is 14.2 Å². The Kier molecular flexibility index (Phi) is 6.11. The first-order chi connectivity index (χ1) is 9.08. The molecule has 5 heteroatoms. The summed E-state index contributed by atoms with van der Waals surface area (Å²) in [5.41, 5.74) is 8.05. The topological polar surface area (TPSA) is 64.7 Å². The van der Waals surface area contributed by atoms with E-state index >= 15 is 0 Å². The maximum absolute atomic E-state index is 10.4. The Morgan fingerprint density at radius 3 is 2.05 bits per heavy atom. The van der Waals surface area contributed by atoms with E-state index in [1.807, 2.05) is 19.1 Å². The molecule has 0 heterocycles. The number of aliphatic hydroxyl groups is 1. The van der Waals surface area contributed by atoms with Gasteiger partial charge >= 0.3 is 0 Å². The molecule has 2 rings (SSSR count). The summed E-state index contributed by atoms with van der Waals surface area (Å²) in [6.07, 6.45) is 2.73. The minimum absolute atomic E-state index is 0. The van der Waals surface area contributed by atoms with Crippen LogP contribution in [0.1, 0.15) is 36.4 Å². The van der Waals surface area contributed by atoms with Crippen molar-refractivity contribution in [2.24, 2.45) is 11.7 Å². The molecule has 0 saturated heterocycles. The van der Waals surface area contributed by atoms with Gasteiger partial charge in [0.15, 0.2) is 0 Å². The Hall–Kier alpha value is -0.970. The van der Waals surface area contributed by atoms with Crippen molar-refractivity contribution in [1.29, 1.82) is 0 Å². The summed E-state index contributed by atoms with van der Waals surface area (Å²) in [4.78, 5) is 0. The molecular weight excluding hydrogens is 278 g/mol. The number of ether oxygens (including phenoxy) is 2. The van der Waals surface area contributed by atoms with Crippen LogP contribution in [-0.4, -0.2) is 25.4 Å². The fourth-order valence-electron chi connectivity index (χ4n) is 2.64. The first-order valence-corrected chi connectivity index (χ1v) is 6.74. The number of halogens is 1. The normalized spacial score (nSPS) is 17.6. The monoisotopic (exact) mass is 301 g/mol. The molecule has 0 spiro atoms. The average Bonchev–Trinajstić information content (AvgIpc) is 2.34. The van der Waals surface area contributed by atoms with Gasteiger partial charge in [0.05, 0.1) is 31.9 Å². The van der Waals surface area contributed by atoms with Gasteiger partial charge in [-0.2, -0.15) is 0 Å². The molecule has 1 saturated carbocycles. The molecule has 0 unspecified atom stereocenters. The van der Waals surface area contributed by atoms with Gasteiger partial charge in [0.1, 0.15) is 11.5 Å². The summed E-state index contributed by atoms with van der Waals surface area (Å²) in [5.74, 6) is 1.66. The van der Waals surface area contributed by atoms with Crippen LogP contribution in [0.2, 0.25) is 0 Å². The van der Waals surface area contributed by atoms with E-state index in [4.69, 9.17) is 15.2 Å². The van der Waals surface area contributed by atoms with Crippen LogP contribution in [0.3, 0.4) is 0 Å². The van der Waals surface area contributed by atoms with Crippen molar-refractivity contribution >= 4 is 12.4 Å². The zero-order chi connectivity index (χ0) is 14.0. The standard InChI is InChI=1S/C15H23NO3.ClH/c1-9-7-11(18-2)13(12(8-9)19-3)14(16)15(17)10-5-4-6-10;/h7-8,10,14-15,17H,4-6,16H2,1-3H3;1H/t14-,15+;/m1./s1. The maximum Gasteiger partial charge on any atom is 0.127 e. The van der Waals surface area contributed by atoms with Gasteiger partial charge in [-0.25, -0.2) is 0 Å². The number of nitrogens with two attached hydrogens (primary N) is 1. The highest BCUT2D eigenvalue weighted by molar-refractivity contribution is 5.85. The lowest BCUT2D eigenvalue weighted by molar-refractivity contribution is 0.0401. The first-order valence-electron chi connectivity index (χ1n) is 6.74. The highest BCUT2D eigenvalue weighted by Gasteiger charge is 2.33.